The van der Waals surface area contributed by atoms with Gasteiger partial charge in [0, 0.05) is 11.8 Å². The molecule has 0 radical (unpaired) electrons. The minimum atomic E-state index is 0.382. The average molecular weight is 339 g/mol. The summed E-state index contributed by atoms with van der Waals surface area (Å²) in [4.78, 5) is 0. The zero-order chi connectivity index (χ0) is 19.1. The molecule has 4 N–H and O–H groups in total. The van der Waals surface area contributed by atoms with Crippen LogP contribution >= 0.6 is 0 Å². The van der Waals surface area contributed by atoms with Crippen LogP contribution in [0.1, 0.15) is 90.9 Å². The Bertz CT molecular complexity index is 245. The fourth-order valence-corrected chi connectivity index (χ4v) is 2.82. The van der Waals surface area contributed by atoms with Gasteiger partial charge in [0.25, 0.3) is 0 Å². The van der Waals surface area contributed by atoms with E-state index in [2.05, 4.69) is 23.6 Å². The van der Waals surface area contributed by atoms with Crippen LogP contribution in [0.5, 0.6) is 0 Å². The van der Waals surface area contributed by atoms with Crippen molar-refractivity contribution in [3.8, 4) is 12.1 Å². The van der Waals surface area contributed by atoms with Gasteiger partial charge in [0.1, 0.15) is 0 Å². The summed E-state index contributed by atoms with van der Waals surface area (Å²) in [5.74, 6) is 0.764. The molecule has 0 saturated heterocycles. The van der Waals surface area contributed by atoms with Gasteiger partial charge in [-0.05, 0) is 39.8 Å². The van der Waals surface area contributed by atoms with Gasteiger partial charge in [-0.15, -0.1) is 0 Å². The van der Waals surface area contributed by atoms with E-state index < -0.39 is 0 Å². The zero-order valence-corrected chi connectivity index (χ0v) is 16.7. The highest BCUT2D eigenvalue weighted by atomic mass is 14.4. The molecule has 0 aromatic carbocycles. The summed E-state index contributed by atoms with van der Waals surface area (Å²) in [6.45, 7) is 4.00. The molecule has 0 unspecified atom stereocenters. The second-order valence-corrected chi connectivity index (χ2v) is 5.64. The molecule has 0 aromatic heterocycles. The van der Waals surface area contributed by atoms with Gasteiger partial charge < -0.3 is 11.5 Å². The fraction of sp³-hybridized carbons (Fsp3) is 0.900. The lowest BCUT2D eigenvalue weighted by molar-refractivity contribution is 0.571. The third kappa shape index (κ3) is 18.9. The van der Waals surface area contributed by atoms with Gasteiger partial charge in [-0.25, -0.2) is 0 Å². The third-order valence-corrected chi connectivity index (χ3v) is 4.08. The Hall–Kier alpha value is -1.10. The second-order valence-electron chi connectivity index (χ2n) is 5.64. The van der Waals surface area contributed by atoms with Gasteiger partial charge in [0.05, 0.1) is 12.1 Å². The minimum Gasteiger partial charge on any atom is -0.333 e. The molecule has 0 amide bonds. The van der Waals surface area contributed by atoms with E-state index in [0.29, 0.717) is 11.8 Å². The van der Waals surface area contributed by atoms with Crippen LogP contribution in [0.25, 0.3) is 0 Å². The Morgan fingerprint density at radius 1 is 0.542 bits per heavy atom. The standard InChI is InChI=1S/2C8H13N.C2H6.2CH5N/c2*9-7-8-5-3-1-2-4-6-8;3*1-2/h2*8H,1-6H2;1-2H3;2*2H2,1H3. The number of hydrogen-bond acceptors (Lipinski definition) is 4. The second kappa shape index (κ2) is 26.8. The van der Waals surface area contributed by atoms with Gasteiger partial charge in [0.2, 0.25) is 0 Å². The van der Waals surface area contributed by atoms with Crippen molar-refractivity contribution in [2.75, 3.05) is 14.1 Å². The SMILES string of the molecule is CC.CN.CN.N#CC1CCCCCC1.N#CC1CCCCCC1. The lowest BCUT2D eigenvalue weighted by atomic mass is 10.0. The maximum atomic E-state index is 8.57. The number of nitrogens with zero attached hydrogens (tertiary/aromatic N) is 2. The van der Waals surface area contributed by atoms with Crippen molar-refractivity contribution in [3.63, 3.8) is 0 Å². The summed E-state index contributed by atoms with van der Waals surface area (Å²) < 4.78 is 0. The van der Waals surface area contributed by atoms with Gasteiger partial charge >= 0.3 is 0 Å². The Kier molecular flexibility index (Phi) is 30.9. The Labute approximate surface area is 151 Å². The Balaban J connectivity index is -0.000000281. The molecular weight excluding hydrogens is 296 g/mol. The summed E-state index contributed by atoms with van der Waals surface area (Å²) in [5, 5.41) is 17.1. The van der Waals surface area contributed by atoms with Crippen LogP contribution < -0.4 is 11.5 Å². The van der Waals surface area contributed by atoms with Crippen LogP contribution in [-0.2, 0) is 0 Å². The van der Waals surface area contributed by atoms with E-state index in [1.54, 1.807) is 0 Å². The zero-order valence-electron chi connectivity index (χ0n) is 16.7. The summed E-state index contributed by atoms with van der Waals surface area (Å²) in [6, 6.07) is 4.69. The Morgan fingerprint density at radius 2 is 0.750 bits per heavy atom. The predicted molar refractivity (Wildman–Crippen MR) is 105 cm³/mol. The van der Waals surface area contributed by atoms with E-state index >= 15 is 0 Å². The smallest absolute Gasteiger partial charge is 0.0655 e. The topological polar surface area (TPSA) is 99.6 Å². The summed E-state index contributed by atoms with van der Waals surface area (Å²) >= 11 is 0. The highest BCUT2D eigenvalue weighted by molar-refractivity contribution is 4.84. The van der Waals surface area contributed by atoms with Crippen LogP contribution in [0.4, 0.5) is 0 Å². The molecule has 2 saturated carbocycles. The predicted octanol–water partition coefficient (Wildman–Crippen LogP) is 5.14. The molecule has 2 fully saturated rings. The van der Waals surface area contributed by atoms with Crippen molar-refractivity contribution in [1.29, 1.82) is 10.5 Å². The molecule has 0 aliphatic heterocycles. The van der Waals surface area contributed by atoms with Gasteiger partial charge in [0.15, 0.2) is 0 Å². The first-order valence-corrected chi connectivity index (χ1v) is 9.81. The summed E-state index contributed by atoms with van der Waals surface area (Å²) in [7, 11) is 3.00. The summed E-state index contributed by atoms with van der Waals surface area (Å²) in [5.41, 5.74) is 9.00. The highest BCUT2D eigenvalue weighted by Gasteiger charge is 2.10. The molecule has 4 heteroatoms. The maximum absolute atomic E-state index is 8.57. The minimum absolute atomic E-state index is 0.382. The van der Waals surface area contributed by atoms with Crippen molar-refractivity contribution >= 4 is 0 Å². The number of nitriles is 2. The molecule has 2 aliphatic carbocycles. The van der Waals surface area contributed by atoms with Gasteiger partial charge in [-0.2, -0.15) is 10.5 Å². The quantitative estimate of drug-likeness (QED) is 0.597. The lowest BCUT2D eigenvalue weighted by Gasteiger charge is -1.99. The molecule has 0 bridgehead atoms. The van der Waals surface area contributed by atoms with Crippen molar-refractivity contribution < 1.29 is 0 Å². The fourth-order valence-electron chi connectivity index (χ4n) is 2.82. The van der Waals surface area contributed by atoms with Crippen molar-refractivity contribution in [2.45, 2.75) is 90.9 Å². The third-order valence-electron chi connectivity index (χ3n) is 4.08. The molecule has 0 heterocycles. The lowest BCUT2D eigenvalue weighted by Crippen LogP contribution is -1.92. The van der Waals surface area contributed by atoms with Gasteiger partial charge in [-0.3, -0.25) is 0 Å². The molecule has 0 atom stereocenters. The van der Waals surface area contributed by atoms with Crippen molar-refractivity contribution in [2.24, 2.45) is 23.3 Å². The van der Waals surface area contributed by atoms with E-state index in [1.807, 2.05) is 13.8 Å². The molecule has 2 rings (SSSR count). The first kappa shape index (κ1) is 27.7. The molecule has 0 aromatic rings. The molecule has 4 nitrogen and oxygen atoms in total. The van der Waals surface area contributed by atoms with E-state index in [9.17, 15) is 0 Å². The van der Waals surface area contributed by atoms with Crippen LogP contribution in [0.15, 0.2) is 0 Å². The maximum Gasteiger partial charge on any atom is 0.0655 e. The van der Waals surface area contributed by atoms with Crippen LogP contribution in [0, 0.1) is 34.5 Å². The molecular formula is C20H42N4. The van der Waals surface area contributed by atoms with E-state index in [4.69, 9.17) is 10.5 Å². The highest BCUT2D eigenvalue weighted by Crippen LogP contribution is 2.22. The van der Waals surface area contributed by atoms with Crippen LogP contribution in [-0.4, -0.2) is 14.1 Å². The van der Waals surface area contributed by atoms with E-state index in [-0.39, 0.29) is 0 Å². The normalized spacial score (nSPS) is 17.7. The van der Waals surface area contributed by atoms with E-state index in [0.717, 1.165) is 25.7 Å². The van der Waals surface area contributed by atoms with Crippen LogP contribution in [0.2, 0.25) is 0 Å². The van der Waals surface area contributed by atoms with Crippen LogP contribution in [0.3, 0.4) is 0 Å². The molecule has 24 heavy (non-hydrogen) atoms. The first-order valence-electron chi connectivity index (χ1n) is 9.81. The number of nitrogens with two attached hydrogens (primary N) is 2. The Morgan fingerprint density at radius 3 is 0.917 bits per heavy atom. The molecule has 142 valence electrons. The first-order chi connectivity index (χ1) is 11.9. The number of rotatable bonds is 0. The van der Waals surface area contributed by atoms with Crippen molar-refractivity contribution in [3.05, 3.63) is 0 Å². The van der Waals surface area contributed by atoms with E-state index in [1.165, 1.54) is 65.5 Å². The molecule has 2 aliphatic rings. The van der Waals surface area contributed by atoms with Crippen molar-refractivity contribution in [1.82, 2.24) is 0 Å². The number of hydrogen-bond donors (Lipinski definition) is 2. The van der Waals surface area contributed by atoms with Gasteiger partial charge in [-0.1, -0.05) is 65.2 Å². The summed E-state index contributed by atoms with van der Waals surface area (Å²) in [6.07, 6.45) is 15.1. The molecule has 0 spiro atoms. The monoisotopic (exact) mass is 338 g/mol. The largest absolute Gasteiger partial charge is 0.333 e. The average Bonchev–Trinajstić information content (AvgIpc) is 3.12.